The van der Waals surface area contributed by atoms with Crippen molar-refractivity contribution in [1.82, 2.24) is 15.1 Å². The van der Waals surface area contributed by atoms with E-state index in [4.69, 9.17) is 0 Å². The molecule has 2 aliphatic rings. The zero-order chi connectivity index (χ0) is 14.0. The maximum atomic E-state index is 12.3. The molecule has 1 aliphatic heterocycles. The Balaban J connectivity index is 1.52. The van der Waals surface area contributed by atoms with Gasteiger partial charge in [-0.25, -0.2) is 0 Å². The molecule has 1 aromatic rings. The fourth-order valence-corrected chi connectivity index (χ4v) is 3.37. The summed E-state index contributed by atoms with van der Waals surface area (Å²) in [5.74, 6) is 0.0999. The largest absolute Gasteiger partial charge is 0.388 e. The summed E-state index contributed by atoms with van der Waals surface area (Å²) in [4.78, 5) is 12.3. The lowest BCUT2D eigenvalue weighted by Crippen LogP contribution is -2.46. The van der Waals surface area contributed by atoms with Crippen LogP contribution in [0.2, 0.25) is 0 Å². The molecule has 2 N–H and O–H groups in total. The summed E-state index contributed by atoms with van der Waals surface area (Å²) in [7, 11) is 0. The molecule has 1 saturated carbocycles. The van der Waals surface area contributed by atoms with Gasteiger partial charge in [-0.05, 0) is 25.3 Å². The number of aromatic nitrogens is 2. The van der Waals surface area contributed by atoms with Gasteiger partial charge in [0.25, 0.3) is 0 Å². The van der Waals surface area contributed by atoms with E-state index in [2.05, 4.69) is 10.4 Å². The van der Waals surface area contributed by atoms with Crippen molar-refractivity contribution in [1.29, 1.82) is 0 Å². The van der Waals surface area contributed by atoms with Gasteiger partial charge in [0.15, 0.2) is 0 Å². The van der Waals surface area contributed by atoms with Crippen LogP contribution in [0.5, 0.6) is 0 Å². The smallest absolute Gasteiger partial charge is 0.223 e. The van der Waals surface area contributed by atoms with E-state index >= 15 is 0 Å². The zero-order valence-corrected chi connectivity index (χ0v) is 11.8. The van der Waals surface area contributed by atoms with Gasteiger partial charge in [0.1, 0.15) is 0 Å². The second-order valence-electron chi connectivity index (χ2n) is 6.24. The minimum absolute atomic E-state index is 0.0198. The van der Waals surface area contributed by atoms with Gasteiger partial charge in [0.05, 0.1) is 5.60 Å². The Morgan fingerprint density at radius 2 is 2.25 bits per heavy atom. The molecule has 5 nitrogen and oxygen atoms in total. The van der Waals surface area contributed by atoms with Crippen molar-refractivity contribution in [2.45, 2.75) is 57.1 Å². The van der Waals surface area contributed by atoms with Crippen LogP contribution < -0.4 is 5.32 Å². The molecule has 1 amide bonds. The van der Waals surface area contributed by atoms with Crippen LogP contribution in [0.1, 0.15) is 44.2 Å². The molecule has 1 aromatic heterocycles. The maximum Gasteiger partial charge on any atom is 0.223 e. The van der Waals surface area contributed by atoms with Crippen LogP contribution in [-0.2, 0) is 17.8 Å². The quantitative estimate of drug-likeness (QED) is 0.874. The standard InChI is InChI=1S/C15H23N3O2/c19-14(16-11-15(20)6-2-1-3-7-15)12-5-9-18-13(10-12)4-8-17-18/h4,8,12,20H,1-3,5-7,9-11H2,(H,16,19). The van der Waals surface area contributed by atoms with E-state index in [0.29, 0.717) is 6.54 Å². The second kappa shape index (κ2) is 5.56. The monoisotopic (exact) mass is 277 g/mol. The lowest BCUT2D eigenvalue weighted by atomic mass is 9.84. The number of fused-ring (bicyclic) bond motifs is 1. The van der Waals surface area contributed by atoms with E-state index in [-0.39, 0.29) is 11.8 Å². The van der Waals surface area contributed by atoms with Gasteiger partial charge in [-0.3, -0.25) is 9.48 Å². The zero-order valence-electron chi connectivity index (χ0n) is 11.8. The summed E-state index contributed by atoms with van der Waals surface area (Å²) < 4.78 is 1.97. The molecule has 1 aliphatic carbocycles. The third kappa shape index (κ3) is 2.87. The third-order valence-corrected chi connectivity index (χ3v) is 4.70. The molecule has 0 spiro atoms. The molecule has 0 radical (unpaired) electrons. The van der Waals surface area contributed by atoms with Gasteiger partial charge in [-0.2, -0.15) is 5.10 Å². The van der Waals surface area contributed by atoms with Crippen LogP contribution in [0.4, 0.5) is 0 Å². The molecule has 0 bridgehead atoms. The van der Waals surface area contributed by atoms with Crippen LogP contribution in [0, 0.1) is 5.92 Å². The predicted molar refractivity (Wildman–Crippen MR) is 75.1 cm³/mol. The number of aliphatic hydroxyl groups is 1. The van der Waals surface area contributed by atoms with Gasteiger partial charge in [-0.1, -0.05) is 19.3 Å². The molecule has 1 unspecified atom stereocenters. The number of hydrogen-bond acceptors (Lipinski definition) is 3. The van der Waals surface area contributed by atoms with Gasteiger partial charge >= 0.3 is 0 Å². The first-order valence-corrected chi connectivity index (χ1v) is 7.67. The van der Waals surface area contributed by atoms with Crippen molar-refractivity contribution in [3.63, 3.8) is 0 Å². The van der Waals surface area contributed by atoms with Gasteiger partial charge in [0, 0.05) is 37.3 Å². The fourth-order valence-electron chi connectivity index (χ4n) is 3.37. The average Bonchev–Trinajstić information content (AvgIpc) is 2.93. The van der Waals surface area contributed by atoms with Crippen LogP contribution in [0.15, 0.2) is 12.3 Å². The topological polar surface area (TPSA) is 67.2 Å². The molecule has 1 atom stereocenters. The number of carbonyl (C=O) groups excluding carboxylic acids is 1. The number of carbonyl (C=O) groups is 1. The highest BCUT2D eigenvalue weighted by molar-refractivity contribution is 5.79. The Bertz CT molecular complexity index is 477. The first-order chi connectivity index (χ1) is 9.66. The molecule has 5 heteroatoms. The van der Waals surface area contributed by atoms with E-state index in [0.717, 1.165) is 50.8 Å². The molecule has 0 saturated heterocycles. The summed E-state index contributed by atoms with van der Waals surface area (Å²) in [5, 5.41) is 17.6. The number of rotatable bonds is 3. The highest BCUT2D eigenvalue weighted by Crippen LogP contribution is 2.27. The SMILES string of the molecule is O=C(NCC1(O)CCCCC1)C1CCn2nccc2C1. The van der Waals surface area contributed by atoms with Crippen LogP contribution >= 0.6 is 0 Å². The second-order valence-corrected chi connectivity index (χ2v) is 6.24. The Labute approximate surface area is 119 Å². The maximum absolute atomic E-state index is 12.3. The summed E-state index contributed by atoms with van der Waals surface area (Å²) >= 11 is 0. The highest BCUT2D eigenvalue weighted by atomic mass is 16.3. The molecule has 1 fully saturated rings. The molecule has 3 rings (SSSR count). The Morgan fingerprint density at radius 1 is 1.45 bits per heavy atom. The average molecular weight is 277 g/mol. The van der Waals surface area contributed by atoms with Gasteiger partial charge in [-0.15, -0.1) is 0 Å². The Hall–Kier alpha value is -1.36. The number of nitrogens with zero attached hydrogens (tertiary/aromatic N) is 2. The molecule has 0 aromatic carbocycles. The Kier molecular flexibility index (Phi) is 3.78. The van der Waals surface area contributed by atoms with Crippen LogP contribution in [-0.4, -0.2) is 32.9 Å². The van der Waals surface area contributed by atoms with E-state index < -0.39 is 5.60 Å². The van der Waals surface area contributed by atoms with E-state index in [1.165, 1.54) is 6.42 Å². The minimum atomic E-state index is -0.676. The summed E-state index contributed by atoms with van der Waals surface area (Å²) in [5.41, 5.74) is 0.456. The summed E-state index contributed by atoms with van der Waals surface area (Å²) in [6.07, 6.45) is 8.33. The fraction of sp³-hybridized carbons (Fsp3) is 0.733. The molecule has 110 valence electrons. The lowest BCUT2D eigenvalue weighted by Gasteiger charge is -2.33. The number of nitrogens with one attached hydrogen (secondary N) is 1. The number of amides is 1. The molecule has 20 heavy (non-hydrogen) atoms. The van der Waals surface area contributed by atoms with Crippen molar-refractivity contribution in [2.24, 2.45) is 5.92 Å². The van der Waals surface area contributed by atoms with Crippen molar-refractivity contribution < 1.29 is 9.90 Å². The number of aryl methyl sites for hydroxylation is 1. The lowest BCUT2D eigenvalue weighted by molar-refractivity contribution is -0.127. The highest BCUT2D eigenvalue weighted by Gasteiger charge is 2.31. The molecular formula is C15H23N3O2. The first-order valence-electron chi connectivity index (χ1n) is 7.67. The van der Waals surface area contributed by atoms with Gasteiger partial charge in [0.2, 0.25) is 5.91 Å². The van der Waals surface area contributed by atoms with E-state index in [1.54, 1.807) is 6.20 Å². The van der Waals surface area contributed by atoms with E-state index in [9.17, 15) is 9.90 Å². The normalized spacial score (nSPS) is 24.9. The third-order valence-electron chi connectivity index (χ3n) is 4.70. The Morgan fingerprint density at radius 3 is 3.05 bits per heavy atom. The van der Waals surface area contributed by atoms with Crippen LogP contribution in [0.3, 0.4) is 0 Å². The summed E-state index contributed by atoms with van der Waals surface area (Å²) in [6.45, 7) is 1.21. The molecule has 2 heterocycles. The number of hydrogen-bond donors (Lipinski definition) is 2. The van der Waals surface area contributed by atoms with Crippen molar-refractivity contribution >= 4 is 5.91 Å². The van der Waals surface area contributed by atoms with Gasteiger partial charge < -0.3 is 10.4 Å². The minimum Gasteiger partial charge on any atom is -0.388 e. The first kappa shape index (κ1) is 13.6. The summed E-state index contributed by atoms with van der Waals surface area (Å²) in [6, 6.07) is 1.98. The van der Waals surface area contributed by atoms with Crippen LogP contribution in [0.25, 0.3) is 0 Å². The van der Waals surface area contributed by atoms with E-state index in [1.807, 2.05) is 10.7 Å². The predicted octanol–water partition coefficient (Wildman–Crippen LogP) is 1.26. The van der Waals surface area contributed by atoms with Crippen molar-refractivity contribution in [3.05, 3.63) is 18.0 Å². The molecular weight excluding hydrogens is 254 g/mol. The van der Waals surface area contributed by atoms with Crippen molar-refractivity contribution in [3.8, 4) is 0 Å². The van der Waals surface area contributed by atoms with Crippen molar-refractivity contribution in [2.75, 3.05) is 6.54 Å².